The highest BCUT2D eigenvalue weighted by atomic mass is 16.6. The molecule has 2 aromatic heterocycles. The van der Waals surface area contributed by atoms with E-state index in [0.29, 0.717) is 5.69 Å². The van der Waals surface area contributed by atoms with Crippen LogP contribution < -0.4 is 11.1 Å². The Labute approximate surface area is 107 Å². The first-order valence-electron chi connectivity index (χ1n) is 5.48. The minimum atomic E-state index is -0.469. The second-order valence-corrected chi connectivity index (χ2v) is 3.85. The van der Waals surface area contributed by atoms with E-state index in [1.54, 1.807) is 18.5 Å². The van der Waals surface area contributed by atoms with Crippen molar-refractivity contribution >= 4 is 28.2 Å². The van der Waals surface area contributed by atoms with Crippen molar-refractivity contribution < 1.29 is 9.42 Å². The van der Waals surface area contributed by atoms with Gasteiger partial charge in [-0.05, 0) is 22.4 Å². The average molecular weight is 255 g/mol. The van der Waals surface area contributed by atoms with Gasteiger partial charge < -0.3 is 11.1 Å². The Morgan fingerprint density at radius 3 is 2.95 bits per heavy atom. The second kappa shape index (κ2) is 4.37. The Balaban J connectivity index is 1.98. The van der Waals surface area contributed by atoms with E-state index in [-0.39, 0.29) is 11.5 Å². The Hall–Kier alpha value is -2.96. The van der Waals surface area contributed by atoms with Crippen molar-refractivity contribution in [1.29, 1.82) is 0 Å². The van der Waals surface area contributed by atoms with E-state index in [4.69, 9.17) is 5.73 Å². The lowest BCUT2D eigenvalue weighted by molar-refractivity contribution is 0.101. The number of nitrogens with one attached hydrogen (secondary N) is 1. The van der Waals surface area contributed by atoms with Crippen molar-refractivity contribution in [3.05, 3.63) is 42.4 Å². The standard InChI is InChI=1S/C12H9N5O2/c13-11-10(16-19-17-11)12(18)15-9-3-1-2-7-6-14-5-4-8(7)9/h1-6H,(H2,13,17)(H,15,18). The maximum atomic E-state index is 12.0. The van der Waals surface area contributed by atoms with Crippen molar-refractivity contribution in [2.45, 2.75) is 0 Å². The molecule has 0 saturated heterocycles. The number of nitrogens with zero attached hydrogens (tertiary/aromatic N) is 3. The number of nitrogen functional groups attached to an aromatic ring is 1. The number of carbonyl (C=O) groups is 1. The largest absolute Gasteiger partial charge is 0.379 e. The first-order valence-corrected chi connectivity index (χ1v) is 5.48. The van der Waals surface area contributed by atoms with E-state index in [1.165, 1.54) is 0 Å². The molecule has 0 aliphatic heterocycles. The number of rotatable bonds is 2. The molecule has 94 valence electrons. The number of carbonyl (C=O) groups excluding carboxylic acids is 1. The molecule has 0 atom stereocenters. The molecule has 19 heavy (non-hydrogen) atoms. The topological polar surface area (TPSA) is 107 Å². The maximum absolute atomic E-state index is 12.0. The third-order valence-electron chi connectivity index (χ3n) is 2.66. The first-order chi connectivity index (χ1) is 9.25. The van der Waals surface area contributed by atoms with E-state index in [1.807, 2.05) is 18.2 Å². The highest BCUT2D eigenvalue weighted by molar-refractivity contribution is 6.09. The van der Waals surface area contributed by atoms with Gasteiger partial charge in [0.15, 0.2) is 0 Å². The number of hydrogen-bond donors (Lipinski definition) is 2. The first kappa shape index (κ1) is 11.1. The van der Waals surface area contributed by atoms with Crippen LogP contribution in [-0.2, 0) is 0 Å². The molecular formula is C12H9N5O2. The third kappa shape index (κ3) is 1.97. The van der Waals surface area contributed by atoms with Crippen molar-refractivity contribution in [3.8, 4) is 0 Å². The van der Waals surface area contributed by atoms with Gasteiger partial charge in [0.2, 0.25) is 11.5 Å². The zero-order valence-electron chi connectivity index (χ0n) is 9.70. The second-order valence-electron chi connectivity index (χ2n) is 3.85. The predicted molar refractivity (Wildman–Crippen MR) is 68.4 cm³/mol. The lowest BCUT2D eigenvalue weighted by Crippen LogP contribution is -2.14. The zero-order valence-corrected chi connectivity index (χ0v) is 9.70. The number of pyridine rings is 1. The molecule has 0 bridgehead atoms. The lowest BCUT2D eigenvalue weighted by Gasteiger charge is -2.06. The number of fused-ring (bicyclic) bond motifs is 1. The van der Waals surface area contributed by atoms with Crippen LogP contribution in [0.15, 0.2) is 41.3 Å². The normalized spacial score (nSPS) is 10.5. The van der Waals surface area contributed by atoms with Gasteiger partial charge in [0, 0.05) is 28.9 Å². The maximum Gasteiger partial charge on any atom is 0.281 e. The number of aromatic nitrogens is 3. The molecule has 0 fully saturated rings. The summed E-state index contributed by atoms with van der Waals surface area (Å²) < 4.78 is 4.40. The van der Waals surface area contributed by atoms with Gasteiger partial charge in [-0.15, -0.1) is 0 Å². The van der Waals surface area contributed by atoms with Crippen molar-refractivity contribution in [2.75, 3.05) is 11.1 Å². The van der Waals surface area contributed by atoms with Gasteiger partial charge >= 0.3 is 0 Å². The smallest absolute Gasteiger partial charge is 0.281 e. The number of benzene rings is 1. The van der Waals surface area contributed by atoms with Gasteiger partial charge in [-0.2, -0.15) is 0 Å². The monoisotopic (exact) mass is 255 g/mol. The summed E-state index contributed by atoms with van der Waals surface area (Å²) in [4.78, 5) is 16.0. The summed E-state index contributed by atoms with van der Waals surface area (Å²) in [5.41, 5.74) is 6.08. The molecule has 0 unspecified atom stereocenters. The fourth-order valence-electron chi connectivity index (χ4n) is 1.77. The number of anilines is 2. The summed E-state index contributed by atoms with van der Waals surface area (Å²) in [6.07, 6.45) is 3.38. The van der Waals surface area contributed by atoms with E-state index >= 15 is 0 Å². The zero-order chi connectivity index (χ0) is 13.2. The molecule has 1 amide bonds. The Morgan fingerprint density at radius 2 is 2.16 bits per heavy atom. The molecule has 3 N–H and O–H groups in total. The molecule has 0 radical (unpaired) electrons. The van der Waals surface area contributed by atoms with Crippen molar-refractivity contribution in [1.82, 2.24) is 15.3 Å². The van der Waals surface area contributed by atoms with Crippen molar-refractivity contribution in [3.63, 3.8) is 0 Å². The Morgan fingerprint density at radius 1 is 1.26 bits per heavy atom. The summed E-state index contributed by atoms with van der Waals surface area (Å²) in [5, 5.41) is 11.3. The fraction of sp³-hybridized carbons (Fsp3) is 0. The average Bonchev–Trinajstić information content (AvgIpc) is 2.85. The fourth-order valence-corrected chi connectivity index (χ4v) is 1.77. The van der Waals surface area contributed by atoms with Crippen LogP contribution >= 0.6 is 0 Å². The van der Waals surface area contributed by atoms with Crippen LogP contribution in [-0.4, -0.2) is 21.2 Å². The number of hydrogen-bond acceptors (Lipinski definition) is 6. The van der Waals surface area contributed by atoms with Crippen LogP contribution in [0.3, 0.4) is 0 Å². The molecule has 0 aliphatic carbocycles. The van der Waals surface area contributed by atoms with Crippen LogP contribution in [0.1, 0.15) is 10.5 Å². The molecular weight excluding hydrogens is 246 g/mol. The molecule has 7 nitrogen and oxygen atoms in total. The summed E-state index contributed by atoms with van der Waals surface area (Å²) >= 11 is 0. The molecule has 0 aliphatic rings. The van der Waals surface area contributed by atoms with E-state index in [2.05, 4.69) is 25.2 Å². The molecule has 2 heterocycles. The van der Waals surface area contributed by atoms with Gasteiger partial charge in [-0.1, -0.05) is 12.1 Å². The molecule has 0 spiro atoms. The van der Waals surface area contributed by atoms with Crippen LogP contribution in [0, 0.1) is 0 Å². The molecule has 3 aromatic rings. The summed E-state index contributed by atoms with van der Waals surface area (Å²) in [6.45, 7) is 0. The minimum absolute atomic E-state index is 0.0361. The molecule has 3 rings (SSSR count). The number of nitrogens with two attached hydrogens (primary N) is 1. The summed E-state index contributed by atoms with van der Waals surface area (Å²) in [7, 11) is 0. The van der Waals surface area contributed by atoms with Crippen LogP contribution in [0.4, 0.5) is 11.5 Å². The van der Waals surface area contributed by atoms with E-state index in [0.717, 1.165) is 10.8 Å². The van der Waals surface area contributed by atoms with E-state index < -0.39 is 5.91 Å². The highest BCUT2D eigenvalue weighted by Crippen LogP contribution is 2.22. The van der Waals surface area contributed by atoms with Gasteiger partial charge in [0.1, 0.15) is 0 Å². The summed E-state index contributed by atoms with van der Waals surface area (Å²) in [6, 6.07) is 7.33. The van der Waals surface area contributed by atoms with Crippen LogP contribution in [0.5, 0.6) is 0 Å². The third-order valence-corrected chi connectivity index (χ3v) is 2.66. The van der Waals surface area contributed by atoms with Gasteiger partial charge in [0.25, 0.3) is 5.91 Å². The summed E-state index contributed by atoms with van der Waals surface area (Å²) in [5.74, 6) is -0.512. The van der Waals surface area contributed by atoms with Gasteiger partial charge in [0.05, 0.1) is 0 Å². The highest BCUT2D eigenvalue weighted by Gasteiger charge is 2.16. The van der Waals surface area contributed by atoms with Crippen molar-refractivity contribution in [2.24, 2.45) is 0 Å². The SMILES string of the molecule is Nc1nonc1C(=O)Nc1cccc2cnccc12. The quantitative estimate of drug-likeness (QED) is 0.717. The Bertz CT molecular complexity index is 747. The Kier molecular flexibility index (Phi) is 2.57. The number of amides is 1. The van der Waals surface area contributed by atoms with Gasteiger partial charge in [-0.25, -0.2) is 4.63 Å². The predicted octanol–water partition coefficient (Wildman–Crippen LogP) is 1.45. The molecule has 0 saturated carbocycles. The molecule has 1 aromatic carbocycles. The van der Waals surface area contributed by atoms with E-state index in [9.17, 15) is 4.79 Å². The van der Waals surface area contributed by atoms with Crippen LogP contribution in [0.25, 0.3) is 10.8 Å². The van der Waals surface area contributed by atoms with Gasteiger partial charge in [-0.3, -0.25) is 9.78 Å². The van der Waals surface area contributed by atoms with Crippen LogP contribution in [0.2, 0.25) is 0 Å². The molecule has 7 heteroatoms. The lowest BCUT2D eigenvalue weighted by atomic mass is 10.1. The minimum Gasteiger partial charge on any atom is -0.379 e.